The molecule has 2 fully saturated rings. The summed E-state index contributed by atoms with van der Waals surface area (Å²) in [5.41, 5.74) is 7.07. The highest BCUT2D eigenvalue weighted by Crippen LogP contribution is 2.36. The summed E-state index contributed by atoms with van der Waals surface area (Å²) in [6.07, 6.45) is 4.43. The van der Waals surface area contributed by atoms with Gasteiger partial charge in [-0.1, -0.05) is 48.3 Å². The Kier molecular flexibility index (Phi) is 3.84. The van der Waals surface area contributed by atoms with E-state index in [1.165, 1.54) is 0 Å². The van der Waals surface area contributed by atoms with Gasteiger partial charge < -0.3 is 15.2 Å². The fraction of sp³-hybridized carbons (Fsp3) is 0.500. The third-order valence-electron chi connectivity index (χ3n) is 5.16. The van der Waals surface area contributed by atoms with Crippen molar-refractivity contribution in [2.75, 3.05) is 6.54 Å². The number of nitrogens with two attached hydrogens (primary N) is 1. The number of hydrogen-bond acceptors (Lipinski definition) is 5. The topological polar surface area (TPSA) is 85.2 Å². The van der Waals surface area contributed by atoms with E-state index >= 15 is 0 Å². The summed E-state index contributed by atoms with van der Waals surface area (Å²) in [6.45, 7) is 1.24. The molecule has 1 amide bonds. The van der Waals surface area contributed by atoms with Crippen LogP contribution in [-0.2, 0) is 16.9 Å². The third-order valence-corrected chi connectivity index (χ3v) is 5.16. The molecule has 6 nitrogen and oxygen atoms in total. The fourth-order valence-electron chi connectivity index (χ4n) is 3.73. The summed E-state index contributed by atoms with van der Waals surface area (Å²) in [6, 6.07) is 10.0. The second kappa shape index (κ2) is 6.02. The molecule has 1 atom stereocenters. The van der Waals surface area contributed by atoms with Crippen LogP contribution < -0.4 is 5.73 Å². The summed E-state index contributed by atoms with van der Waals surface area (Å²) in [4.78, 5) is 18.7. The number of amides is 1. The van der Waals surface area contributed by atoms with Crippen LogP contribution in [0.1, 0.15) is 55.3 Å². The largest absolute Gasteiger partial charge is 0.339 e. The Morgan fingerprint density at radius 1 is 1.25 bits per heavy atom. The lowest BCUT2D eigenvalue weighted by Gasteiger charge is -2.18. The van der Waals surface area contributed by atoms with E-state index in [1.54, 1.807) is 0 Å². The predicted molar refractivity (Wildman–Crippen MR) is 87.8 cm³/mol. The molecule has 2 aliphatic rings. The van der Waals surface area contributed by atoms with Crippen LogP contribution in [0.4, 0.5) is 0 Å². The van der Waals surface area contributed by atoms with Gasteiger partial charge in [0.25, 0.3) is 0 Å². The van der Waals surface area contributed by atoms with E-state index in [2.05, 4.69) is 10.1 Å². The van der Waals surface area contributed by atoms with E-state index in [9.17, 15) is 4.79 Å². The van der Waals surface area contributed by atoms with Crippen molar-refractivity contribution in [3.8, 4) is 0 Å². The molecule has 1 saturated heterocycles. The van der Waals surface area contributed by atoms with Gasteiger partial charge in [0.05, 0.1) is 11.5 Å². The summed E-state index contributed by atoms with van der Waals surface area (Å²) >= 11 is 0. The van der Waals surface area contributed by atoms with Gasteiger partial charge in [-0.15, -0.1) is 0 Å². The van der Waals surface area contributed by atoms with Gasteiger partial charge in [0.1, 0.15) is 0 Å². The summed E-state index contributed by atoms with van der Waals surface area (Å²) in [5, 5.41) is 4.11. The van der Waals surface area contributed by atoms with E-state index in [-0.39, 0.29) is 11.8 Å². The average molecular weight is 326 g/mol. The molecule has 4 rings (SSSR count). The minimum Gasteiger partial charge on any atom is -0.339 e. The quantitative estimate of drug-likeness (QED) is 0.932. The zero-order valence-electron chi connectivity index (χ0n) is 13.6. The van der Waals surface area contributed by atoms with Crippen molar-refractivity contribution < 1.29 is 9.32 Å². The maximum Gasteiger partial charge on any atom is 0.232 e. The van der Waals surface area contributed by atoms with E-state index in [0.717, 1.165) is 31.2 Å². The number of hydrogen-bond donors (Lipinski definition) is 1. The number of nitrogens with zero attached hydrogens (tertiary/aromatic N) is 3. The highest BCUT2D eigenvalue weighted by atomic mass is 16.5. The van der Waals surface area contributed by atoms with Gasteiger partial charge in [0, 0.05) is 19.5 Å². The van der Waals surface area contributed by atoms with Crippen molar-refractivity contribution in [3.05, 3.63) is 47.6 Å². The molecule has 2 N–H and O–H groups in total. The first kappa shape index (κ1) is 15.3. The third kappa shape index (κ3) is 2.82. The van der Waals surface area contributed by atoms with Gasteiger partial charge in [-0.25, -0.2) is 0 Å². The molecule has 2 aromatic rings. The predicted octanol–water partition coefficient (Wildman–Crippen LogP) is 2.31. The van der Waals surface area contributed by atoms with Gasteiger partial charge in [-0.3, -0.25) is 4.79 Å². The minimum absolute atomic E-state index is 0.0348. The highest BCUT2D eigenvalue weighted by Gasteiger charge is 2.39. The molecule has 24 heavy (non-hydrogen) atoms. The lowest BCUT2D eigenvalue weighted by molar-refractivity contribution is -0.128. The Hall–Kier alpha value is -2.21. The zero-order valence-corrected chi connectivity index (χ0v) is 13.6. The molecule has 1 unspecified atom stereocenters. The van der Waals surface area contributed by atoms with Crippen LogP contribution in [0, 0.1) is 0 Å². The van der Waals surface area contributed by atoms with Crippen LogP contribution in [-0.4, -0.2) is 27.5 Å². The Labute approximate surface area is 141 Å². The number of carbonyl (C=O) groups is 1. The van der Waals surface area contributed by atoms with Crippen LogP contribution in [0.3, 0.4) is 0 Å². The average Bonchev–Trinajstić information content (AvgIpc) is 3.30. The van der Waals surface area contributed by atoms with Crippen molar-refractivity contribution in [2.24, 2.45) is 5.73 Å². The summed E-state index contributed by atoms with van der Waals surface area (Å²) in [7, 11) is 0. The van der Waals surface area contributed by atoms with Crippen molar-refractivity contribution in [3.63, 3.8) is 0 Å². The molecule has 1 aromatic carbocycles. The maximum absolute atomic E-state index is 12.3. The van der Waals surface area contributed by atoms with Crippen molar-refractivity contribution in [2.45, 2.75) is 50.1 Å². The van der Waals surface area contributed by atoms with E-state index < -0.39 is 5.54 Å². The zero-order chi connectivity index (χ0) is 16.6. The molecule has 1 aliphatic heterocycles. The molecule has 1 saturated carbocycles. The normalized spacial score (nSPS) is 23.1. The maximum atomic E-state index is 12.3. The number of rotatable bonds is 4. The van der Waals surface area contributed by atoms with Crippen molar-refractivity contribution in [1.29, 1.82) is 0 Å². The molecule has 126 valence electrons. The molecule has 1 aromatic heterocycles. The lowest BCUT2D eigenvalue weighted by atomic mass is 9.98. The van der Waals surface area contributed by atoms with Gasteiger partial charge in [-0.05, 0) is 18.4 Å². The highest BCUT2D eigenvalue weighted by molar-refractivity contribution is 5.79. The molecule has 0 radical (unpaired) electrons. The summed E-state index contributed by atoms with van der Waals surface area (Å²) < 4.78 is 5.45. The van der Waals surface area contributed by atoms with Gasteiger partial charge in [0.15, 0.2) is 5.82 Å². The van der Waals surface area contributed by atoms with Crippen LogP contribution in [0.25, 0.3) is 0 Å². The molecule has 0 bridgehead atoms. The number of benzene rings is 1. The summed E-state index contributed by atoms with van der Waals surface area (Å²) in [5.74, 6) is 1.24. The first-order valence-electron chi connectivity index (χ1n) is 8.59. The first-order valence-corrected chi connectivity index (χ1v) is 8.59. The monoisotopic (exact) mass is 326 g/mol. The van der Waals surface area contributed by atoms with E-state index in [0.29, 0.717) is 31.2 Å². The van der Waals surface area contributed by atoms with E-state index in [1.807, 2.05) is 35.2 Å². The fourth-order valence-corrected chi connectivity index (χ4v) is 3.73. The van der Waals surface area contributed by atoms with Crippen LogP contribution in [0.5, 0.6) is 0 Å². The molecule has 2 heterocycles. The van der Waals surface area contributed by atoms with Crippen molar-refractivity contribution >= 4 is 5.91 Å². The Morgan fingerprint density at radius 3 is 2.75 bits per heavy atom. The van der Waals surface area contributed by atoms with Gasteiger partial charge in [0.2, 0.25) is 11.8 Å². The first-order chi connectivity index (χ1) is 11.6. The van der Waals surface area contributed by atoms with Gasteiger partial charge in [-0.2, -0.15) is 4.98 Å². The number of aromatic nitrogens is 2. The Bertz CT molecular complexity index is 722. The van der Waals surface area contributed by atoms with Crippen LogP contribution in [0.15, 0.2) is 34.9 Å². The molecule has 0 spiro atoms. The van der Waals surface area contributed by atoms with E-state index in [4.69, 9.17) is 10.3 Å². The van der Waals surface area contributed by atoms with Crippen LogP contribution >= 0.6 is 0 Å². The van der Waals surface area contributed by atoms with Gasteiger partial charge >= 0.3 is 0 Å². The molecule has 6 heteroatoms. The Morgan fingerprint density at radius 2 is 2.00 bits per heavy atom. The number of likely N-dealkylation sites (tertiary alicyclic amines) is 1. The Balaban J connectivity index is 1.46. The second-order valence-electron chi connectivity index (χ2n) is 6.98. The molecule has 1 aliphatic carbocycles. The lowest BCUT2D eigenvalue weighted by Crippen LogP contribution is -2.34. The van der Waals surface area contributed by atoms with Crippen LogP contribution in [0.2, 0.25) is 0 Å². The second-order valence-corrected chi connectivity index (χ2v) is 6.98. The number of carbonyl (C=O) groups excluding carboxylic acids is 1. The molecular weight excluding hydrogens is 304 g/mol. The molecular formula is C18H22N4O2. The van der Waals surface area contributed by atoms with Crippen molar-refractivity contribution in [1.82, 2.24) is 15.0 Å². The smallest absolute Gasteiger partial charge is 0.232 e. The minimum atomic E-state index is -0.450. The standard InChI is InChI=1S/C18H22N4O2/c19-18(8-4-5-9-18)17-20-16(24-21-17)14-10-15(23)22(12-14)11-13-6-2-1-3-7-13/h1-3,6-7,14H,4-5,8-12,19H2. The SMILES string of the molecule is NC1(c2noc(C3CC(=O)N(Cc4ccccc4)C3)n2)CCCC1.